The predicted octanol–water partition coefficient (Wildman–Crippen LogP) is 2.93. The largest absolute Gasteiger partial charge is 0.334 e. The molecule has 25 heavy (non-hydrogen) atoms. The van der Waals surface area contributed by atoms with Crippen molar-refractivity contribution in [3.05, 3.63) is 62.5 Å². The van der Waals surface area contributed by atoms with Gasteiger partial charge < -0.3 is 10.3 Å². The van der Waals surface area contributed by atoms with Crippen LogP contribution in [0.25, 0.3) is 10.2 Å². The van der Waals surface area contributed by atoms with Gasteiger partial charge in [-0.3, -0.25) is 4.79 Å². The molecule has 3 aromatic rings. The molecule has 0 radical (unpaired) electrons. The van der Waals surface area contributed by atoms with Gasteiger partial charge in [-0.25, -0.2) is 4.98 Å². The maximum atomic E-state index is 12.7. The number of aryl methyl sites for hydroxylation is 1. The zero-order valence-electron chi connectivity index (χ0n) is 14.7. The monoisotopic (exact) mass is 354 g/mol. The highest BCUT2D eigenvalue weighted by atomic mass is 32.1. The van der Waals surface area contributed by atoms with Crippen molar-refractivity contribution in [1.29, 1.82) is 0 Å². The van der Waals surface area contributed by atoms with Gasteiger partial charge in [0.2, 0.25) is 0 Å². The highest BCUT2D eigenvalue weighted by molar-refractivity contribution is 7.18. The van der Waals surface area contributed by atoms with Gasteiger partial charge in [0.1, 0.15) is 17.4 Å². The van der Waals surface area contributed by atoms with E-state index in [2.05, 4.69) is 48.4 Å². The molecule has 0 unspecified atom stereocenters. The van der Waals surface area contributed by atoms with Gasteiger partial charge in [-0.2, -0.15) is 0 Å². The second kappa shape index (κ2) is 6.73. The van der Waals surface area contributed by atoms with Gasteiger partial charge >= 0.3 is 0 Å². The second-order valence-electron chi connectivity index (χ2n) is 7.20. The van der Waals surface area contributed by atoms with Crippen molar-refractivity contribution >= 4 is 21.6 Å². The van der Waals surface area contributed by atoms with Crippen molar-refractivity contribution in [3.8, 4) is 0 Å². The Labute approximate surface area is 151 Å². The van der Waals surface area contributed by atoms with E-state index < -0.39 is 0 Å². The summed E-state index contributed by atoms with van der Waals surface area (Å²) in [6.07, 6.45) is 3.26. The third kappa shape index (κ3) is 3.26. The number of hydrogen-bond donors (Lipinski definition) is 2. The van der Waals surface area contributed by atoms with Gasteiger partial charge in [0.15, 0.2) is 5.82 Å². The molecule has 0 bridgehead atoms. The fourth-order valence-electron chi connectivity index (χ4n) is 3.62. The fraction of sp³-hybridized carbons (Fsp3) is 0.400. The second-order valence-corrected chi connectivity index (χ2v) is 8.28. The lowest BCUT2D eigenvalue weighted by Gasteiger charge is -2.17. The Morgan fingerprint density at radius 2 is 2.16 bits per heavy atom. The summed E-state index contributed by atoms with van der Waals surface area (Å²) in [6, 6.07) is 10.5. The zero-order valence-corrected chi connectivity index (χ0v) is 15.5. The van der Waals surface area contributed by atoms with Crippen LogP contribution in [-0.2, 0) is 19.4 Å². The minimum Gasteiger partial charge on any atom is -0.334 e. The molecule has 0 fully saturated rings. The molecule has 0 saturated heterocycles. The third-order valence-electron chi connectivity index (χ3n) is 5.16. The first kappa shape index (κ1) is 16.5. The predicted molar refractivity (Wildman–Crippen MR) is 102 cm³/mol. The van der Waals surface area contributed by atoms with Crippen molar-refractivity contribution in [2.24, 2.45) is 5.92 Å². The molecule has 1 aliphatic rings. The Hall–Kier alpha value is -1.98. The summed E-state index contributed by atoms with van der Waals surface area (Å²) < 4.78 is 0. The maximum absolute atomic E-state index is 12.7. The molecule has 2 atom stereocenters. The number of rotatable bonds is 4. The van der Waals surface area contributed by atoms with Gasteiger partial charge in [0.25, 0.3) is 5.56 Å². The number of nitrogens with zero attached hydrogens (tertiary/aromatic N) is 1. The van der Waals surface area contributed by atoms with Crippen LogP contribution in [0.15, 0.2) is 35.1 Å². The first-order valence-corrected chi connectivity index (χ1v) is 9.85. The van der Waals surface area contributed by atoms with E-state index in [1.807, 2.05) is 6.07 Å². The highest BCUT2D eigenvalue weighted by Gasteiger charge is 2.24. The van der Waals surface area contributed by atoms with E-state index >= 15 is 0 Å². The fourth-order valence-corrected chi connectivity index (χ4v) is 5.01. The summed E-state index contributed by atoms with van der Waals surface area (Å²) in [6.45, 7) is 5.27. The lowest BCUT2D eigenvalue weighted by molar-refractivity contribution is -0.709. The van der Waals surface area contributed by atoms with Gasteiger partial charge in [-0.15, -0.1) is 11.3 Å². The van der Waals surface area contributed by atoms with E-state index in [9.17, 15) is 4.79 Å². The minimum atomic E-state index is 0.0343. The Balaban J connectivity index is 1.61. The van der Waals surface area contributed by atoms with E-state index in [0.717, 1.165) is 35.4 Å². The SMILES string of the molecule is C[C@H]1CCc2c(sc3nc([C@@H](C)[NH2+]Cc4ccccc4)[nH]c(=O)c23)C1. The van der Waals surface area contributed by atoms with Crippen LogP contribution in [0.5, 0.6) is 0 Å². The summed E-state index contributed by atoms with van der Waals surface area (Å²) in [5.74, 6) is 1.48. The Morgan fingerprint density at radius 3 is 2.96 bits per heavy atom. The summed E-state index contributed by atoms with van der Waals surface area (Å²) in [5.41, 5.74) is 2.56. The number of benzene rings is 1. The summed E-state index contributed by atoms with van der Waals surface area (Å²) in [7, 11) is 0. The van der Waals surface area contributed by atoms with Crippen molar-refractivity contribution < 1.29 is 5.32 Å². The molecule has 0 aliphatic heterocycles. The minimum absolute atomic E-state index is 0.0343. The molecule has 0 saturated carbocycles. The van der Waals surface area contributed by atoms with Crippen LogP contribution in [0.4, 0.5) is 0 Å². The molecule has 3 N–H and O–H groups in total. The Morgan fingerprint density at radius 1 is 1.36 bits per heavy atom. The van der Waals surface area contributed by atoms with Crippen molar-refractivity contribution in [1.82, 2.24) is 9.97 Å². The van der Waals surface area contributed by atoms with Crippen LogP contribution in [0.2, 0.25) is 0 Å². The van der Waals surface area contributed by atoms with Crippen molar-refractivity contribution in [2.75, 3.05) is 0 Å². The van der Waals surface area contributed by atoms with Gasteiger partial charge in [-0.1, -0.05) is 37.3 Å². The number of fused-ring (bicyclic) bond motifs is 3. The van der Waals surface area contributed by atoms with Crippen molar-refractivity contribution in [2.45, 2.75) is 45.7 Å². The molecule has 0 amide bonds. The molecule has 1 aromatic carbocycles. The molecule has 130 valence electrons. The quantitative estimate of drug-likeness (QED) is 0.757. The zero-order chi connectivity index (χ0) is 17.4. The number of aromatic nitrogens is 2. The first-order valence-electron chi connectivity index (χ1n) is 9.03. The number of nitrogens with one attached hydrogen (secondary N) is 1. The van der Waals surface area contributed by atoms with Crippen LogP contribution in [0, 0.1) is 5.92 Å². The summed E-state index contributed by atoms with van der Waals surface area (Å²) in [5, 5.41) is 3.06. The van der Waals surface area contributed by atoms with Crippen LogP contribution in [0.3, 0.4) is 0 Å². The topological polar surface area (TPSA) is 62.4 Å². The van der Waals surface area contributed by atoms with Crippen LogP contribution in [0.1, 0.15) is 48.1 Å². The number of nitrogens with two attached hydrogens (primary N) is 1. The highest BCUT2D eigenvalue weighted by Crippen LogP contribution is 2.35. The molecule has 4 rings (SSSR count). The number of quaternary nitrogens is 1. The molecule has 2 heterocycles. The van der Waals surface area contributed by atoms with Crippen molar-refractivity contribution in [3.63, 3.8) is 0 Å². The Bertz CT molecular complexity index is 945. The van der Waals surface area contributed by atoms with Crippen LogP contribution < -0.4 is 10.9 Å². The maximum Gasteiger partial charge on any atom is 0.260 e. The van der Waals surface area contributed by atoms with Gasteiger partial charge in [0, 0.05) is 10.4 Å². The summed E-state index contributed by atoms with van der Waals surface area (Å²) in [4.78, 5) is 22.8. The number of hydrogen-bond acceptors (Lipinski definition) is 3. The third-order valence-corrected chi connectivity index (χ3v) is 6.31. The van der Waals surface area contributed by atoms with Gasteiger partial charge in [-0.05, 0) is 37.7 Å². The lowest BCUT2D eigenvalue weighted by Crippen LogP contribution is -2.83. The van der Waals surface area contributed by atoms with Gasteiger partial charge in [0.05, 0.1) is 5.39 Å². The van der Waals surface area contributed by atoms with E-state index in [1.165, 1.54) is 22.4 Å². The number of thiophene rings is 1. The van der Waals surface area contributed by atoms with Crippen LogP contribution >= 0.6 is 11.3 Å². The van der Waals surface area contributed by atoms with E-state index in [-0.39, 0.29) is 11.6 Å². The summed E-state index contributed by atoms with van der Waals surface area (Å²) >= 11 is 1.72. The molecule has 4 nitrogen and oxygen atoms in total. The molecular weight excluding hydrogens is 330 g/mol. The number of aromatic amines is 1. The molecule has 2 aromatic heterocycles. The lowest BCUT2D eigenvalue weighted by atomic mass is 9.89. The van der Waals surface area contributed by atoms with E-state index in [1.54, 1.807) is 11.3 Å². The average molecular weight is 354 g/mol. The first-order chi connectivity index (χ1) is 12.1. The molecule has 5 heteroatoms. The molecular formula is C20H24N3OS+. The molecule has 1 aliphatic carbocycles. The van der Waals surface area contributed by atoms with E-state index in [4.69, 9.17) is 4.98 Å². The standard InChI is InChI=1S/C20H23N3OS/c1-12-8-9-15-16(10-12)25-20-17(15)19(24)22-18(23-20)13(2)21-11-14-6-4-3-5-7-14/h3-7,12-13,21H,8-11H2,1-2H3,(H,22,23,24)/p+1/t12-,13+/m0/s1. The van der Waals surface area contributed by atoms with E-state index in [0.29, 0.717) is 5.92 Å². The smallest absolute Gasteiger partial charge is 0.260 e. The Kier molecular flexibility index (Phi) is 4.44. The van der Waals surface area contributed by atoms with Crippen LogP contribution in [-0.4, -0.2) is 9.97 Å². The number of H-pyrrole nitrogens is 1. The average Bonchev–Trinajstić information content (AvgIpc) is 2.98. The normalized spacial score (nSPS) is 18.2. The molecule has 0 spiro atoms.